The second kappa shape index (κ2) is 12.0. The van der Waals surface area contributed by atoms with Crippen LogP contribution in [0.25, 0.3) is 11.1 Å². The Labute approximate surface area is 192 Å². The molecule has 1 fully saturated rings. The molecule has 3 unspecified atom stereocenters. The minimum Gasteiger partial charge on any atom is -0.395 e. The van der Waals surface area contributed by atoms with E-state index in [2.05, 4.69) is 10.3 Å². The lowest BCUT2D eigenvalue weighted by Gasteiger charge is -2.43. The van der Waals surface area contributed by atoms with E-state index in [0.717, 1.165) is 36.8 Å². The van der Waals surface area contributed by atoms with E-state index < -0.39 is 29.3 Å². The number of anilines is 1. The molecule has 1 aliphatic heterocycles. The lowest BCUT2D eigenvalue weighted by Crippen LogP contribution is -2.62. The highest BCUT2D eigenvalue weighted by atomic mass is 16.6. The number of nitrogens with one attached hydrogen (secondary N) is 1. The third-order valence-electron chi connectivity index (χ3n) is 6.09. The van der Waals surface area contributed by atoms with E-state index in [9.17, 15) is 30.5 Å². The number of benzene rings is 1. The van der Waals surface area contributed by atoms with Gasteiger partial charge in [-0.3, -0.25) is 20.0 Å². The van der Waals surface area contributed by atoms with E-state index in [1.807, 2.05) is 17.0 Å². The smallest absolute Gasteiger partial charge is 0.292 e. The molecule has 2 heterocycles. The summed E-state index contributed by atoms with van der Waals surface area (Å²) in [6.07, 6.45) is 3.31. The van der Waals surface area contributed by atoms with Crippen LogP contribution in [0.5, 0.6) is 0 Å². The van der Waals surface area contributed by atoms with Crippen molar-refractivity contribution in [2.24, 2.45) is 0 Å². The predicted octanol–water partition coefficient (Wildman–Crippen LogP) is 1.39. The molecule has 10 nitrogen and oxygen atoms in total. The Kier molecular flexibility index (Phi) is 9.10. The molecule has 33 heavy (non-hydrogen) atoms. The number of piperidine rings is 1. The fourth-order valence-corrected chi connectivity index (χ4v) is 4.20. The van der Waals surface area contributed by atoms with Gasteiger partial charge in [-0.2, -0.15) is 0 Å². The van der Waals surface area contributed by atoms with Crippen molar-refractivity contribution in [2.75, 3.05) is 31.6 Å². The average molecular weight is 461 g/mol. The van der Waals surface area contributed by atoms with Gasteiger partial charge in [-0.15, -0.1) is 0 Å². The summed E-state index contributed by atoms with van der Waals surface area (Å²) in [5.41, 5.74) is 2.06. The molecule has 10 heteroatoms. The second-order valence-electron chi connectivity index (χ2n) is 8.37. The van der Waals surface area contributed by atoms with Crippen molar-refractivity contribution in [1.29, 1.82) is 0 Å². The number of nitrogens with zero attached hydrogens (tertiary/aromatic N) is 3. The van der Waals surface area contributed by atoms with Crippen LogP contribution in [-0.4, -0.2) is 85.8 Å². The molecule has 180 valence electrons. The summed E-state index contributed by atoms with van der Waals surface area (Å²) in [5, 5.41) is 53.8. The molecule has 0 aliphatic carbocycles. The average Bonchev–Trinajstić information content (AvgIpc) is 2.82. The highest BCUT2D eigenvalue weighted by molar-refractivity contribution is 5.73. The van der Waals surface area contributed by atoms with Crippen molar-refractivity contribution in [3.8, 4) is 11.1 Å². The van der Waals surface area contributed by atoms with Gasteiger partial charge < -0.3 is 25.7 Å². The Bertz CT molecular complexity index is 900. The van der Waals surface area contributed by atoms with E-state index in [0.29, 0.717) is 18.8 Å². The Morgan fingerprint density at radius 1 is 1.09 bits per heavy atom. The van der Waals surface area contributed by atoms with Crippen molar-refractivity contribution >= 4 is 11.4 Å². The Morgan fingerprint density at radius 2 is 1.88 bits per heavy atom. The quantitative estimate of drug-likeness (QED) is 0.190. The van der Waals surface area contributed by atoms with Crippen LogP contribution in [0.1, 0.15) is 25.7 Å². The standard InChI is InChI=1S/C23H32N4O6/c28-15-20-22(30)23(31)21(29)14-26(20)11-4-2-1-3-10-25-18-8-7-16(12-19(18)27(32)33)17-6-5-9-24-13-17/h5-9,12-13,20-23,25,28-31H,1-4,10-11,14-15H2/t20?,21?,22?,23-/m0/s1. The summed E-state index contributed by atoms with van der Waals surface area (Å²) in [5.74, 6) is 0. The molecule has 0 radical (unpaired) electrons. The molecular weight excluding hydrogens is 428 g/mol. The van der Waals surface area contributed by atoms with Gasteiger partial charge in [0.05, 0.1) is 23.7 Å². The fourth-order valence-electron chi connectivity index (χ4n) is 4.20. The van der Waals surface area contributed by atoms with Crippen molar-refractivity contribution < 1.29 is 25.3 Å². The molecule has 0 amide bonds. The van der Waals surface area contributed by atoms with Crippen LogP contribution in [0, 0.1) is 10.1 Å². The summed E-state index contributed by atoms with van der Waals surface area (Å²) in [6.45, 7) is 1.12. The van der Waals surface area contributed by atoms with Crippen molar-refractivity contribution in [1.82, 2.24) is 9.88 Å². The second-order valence-corrected chi connectivity index (χ2v) is 8.37. The number of unbranched alkanes of at least 4 members (excludes halogenated alkanes) is 3. The molecule has 4 atom stereocenters. The van der Waals surface area contributed by atoms with E-state index >= 15 is 0 Å². The number of nitro benzene ring substituents is 1. The molecular formula is C23H32N4O6. The first-order valence-electron chi connectivity index (χ1n) is 11.2. The normalized spacial score (nSPS) is 23.4. The zero-order chi connectivity index (χ0) is 23.8. The maximum atomic E-state index is 11.5. The van der Waals surface area contributed by atoms with E-state index in [1.54, 1.807) is 30.6 Å². The fraction of sp³-hybridized carbons (Fsp3) is 0.522. The molecule has 1 aromatic heterocycles. The Hall–Kier alpha value is -2.63. The number of aliphatic hydroxyl groups excluding tert-OH is 4. The van der Waals surface area contributed by atoms with Gasteiger partial charge in [0.1, 0.15) is 17.9 Å². The van der Waals surface area contributed by atoms with Crippen molar-refractivity contribution in [3.63, 3.8) is 0 Å². The third-order valence-corrected chi connectivity index (χ3v) is 6.09. The van der Waals surface area contributed by atoms with Crippen LogP contribution < -0.4 is 5.32 Å². The van der Waals surface area contributed by atoms with Crippen LogP contribution in [-0.2, 0) is 0 Å². The van der Waals surface area contributed by atoms with Gasteiger partial charge in [-0.1, -0.05) is 25.0 Å². The lowest BCUT2D eigenvalue weighted by molar-refractivity contribution is -0.383. The summed E-state index contributed by atoms with van der Waals surface area (Å²) >= 11 is 0. The summed E-state index contributed by atoms with van der Waals surface area (Å²) in [7, 11) is 0. The lowest BCUT2D eigenvalue weighted by atomic mass is 9.94. The van der Waals surface area contributed by atoms with Gasteiger partial charge >= 0.3 is 0 Å². The number of β-amino-alcohol motifs (C(OH)–C–C–N with tert-alkyl or cyclic N) is 1. The maximum absolute atomic E-state index is 11.5. The number of nitro groups is 1. The van der Waals surface area contributed by atoms with Gasteiger partial charge in [-0.05, 0) is 37.1 Å². The maximum Gasteiger partial charge on any atom is 0.292 e. The number of hydrogen-bond acceptors (Lipinski definition) is 9. The van der Waals surface area contributed by atoms with Crippen LogP contribution >= 0.6 is 0 Å². The minimum atomic E-state index is -1.24. The number of aromatic nitrogens is 1. The number of likely N-dealkylation sites (tertiary alicyclic amines) is 1. The van der Waals surface area contributed by atoms with Gasteiger partial charge in [-0.25, -0.2) is 0 Å². The zero-order valence-corrected chi connectivity index (χ0v) is 18.5. The molecule has 0 bridgehead atoms. The largest absolute Gasteiger partial charge is 0.395 e. The molecule has 0 saturated carbocycles. The summed E-state index contributed by atoms with van der Waals surface area (Å²) < 4.78 is 0. The van der Waals surface area contributed by atoms with Gasteiger partial charge in [0, 0.05) is 37.1 Å². The highest BCUT2D eigenvalue weighted by Gasteiger charge is 2.40. The molecule has 0 spiro atoms. The van der Waals surface area contributed by atoms with Crippen LogP contribution in [0.2, 0.25) is 0 Å². The van der Waals surface area contributed by atoms with Crippen LogP contribution in [0.3, 0.4) is 0 Å². The first-order chi connectivity index (χ1) is 15.9. The predicted molar refractivity (Wildman–Crippen MR) is 124 cm³/mol. The number of hydrogen-bond donors (Lipinski definition) is 5. The van der Waals surface area contributed by atoms with E-state index in [4.69, 9.17) is 0 Å². The number of aliphatic hydroxyl groups is 4. The molecule has 1 saturated heterocycles. The van der Waals surface area contributed by atoms with Crippen molar-refractivity contribution in [3.05, 3.63) is 52.8 Å². The summed E-state index contributed by atoms with van der Waals surface area (Å²) in [4.78, 5) is 17.0. The first-order valence-corrected chi connectivity index (χ1v) is 11.2. The first kappa shape index (κ1) is 25.0. The SMILES string of the molecule is O=[N+]([O-])c1cc(-c2cccnc2)ccc1NCCCCCCN1CC(O)[C@H](O)C(O)C1CO. The van der Waals surface area contributed by atoms with Crippen molar-refractivity contribution in [2.45, 2.75) is 50.0 Å². The zero-order valence-electron chi connectivity index (χ0n) is 18.5. The molecule has 3 rings (SSSR count). The number of pyridine rings is 1. The Balaban J connectivity index is 1.42. The molecule has 5 N–H and O–H groups in total. The monoisotopic (exact) mass is 460 g/mol. The minimum absolute atomic E-state index is 0.0239. The molecule has 1 aliphatic rings. The van der Waals surface area contributed by atoms with Crippen LogP contribution in [0.15, 0.2) is 42.7 Å². The highest BCUT2D eigenvalue weighted by Crippen LogP contribution is 2.30. The van der Waals surface area contributed by atoms with Gasteiger partial charge in [0.2, 0.25) is 0 Å². The van der Waals surface area contributed by atoms with E-state index in [1.165, 1.54) is 0 Å². The third kappa shape index (κ3) is 6.46. The molecule has 2 aromatic rings. The van der Waals surface area contributed by atoms with E-state index in [-0.39, 0.29) is 18.8 Å². The number of rotatable bonds is 11. The summed E-state index contributed by atoms with van der Waals surface area (Å²) in [6, 6.07) is 8.17. The van der Waals surface area contributed by atoms with Crippen LogP contribution in [0.4, 0.5) is 11.4 Å². The van der Waals surface area contributed by atoms with Gasteiger partial charge in [0.25, 0.3) is 5.69 Å². The Morgan fingerprint density at radius 3 is 2.58 bits per heavy atom. The van der Waals surface area contributed by atoms with Gasteiger partial charge in [0.15, 0.2) is 0 Å². The topological polar surface area (TPSA) is 152 Å². The molecule has 1 aromatic carbocycles.